The average Bonchev–Trinajstić information content (AvgIpc) is 3.13. The number of hydrogen-bond acceptors (Lipinski definition) is 3. The minimum absolute atomic E-state index is 0.0298. The summed E-state index contributed by atoms with van der Waals surface area (Å²) in [5.41, 5.74) is 5.36. The summed E-state index contributed by atoms with van der Waals surface area (Å²) in [5, 5.41) is 2.81. The van der Waals surface area contributed by atoms with E-state index < -0.39 is 16.6 Å². The van der Waals surface area contributed by atoms with Gasteiger partial charge in [-0.25, -0.2) is 4.39 Å². The van der Waals surface area contributed by atoms with Crippen LogP contribution in [0.2, 0.25) is 0 Å². The molecule has 0 aliphatic heterocycles. The van der Waals surface area contributed by atoms with E-state index in [2.05, 4.69) is 5.32 Å². The van der Waals surface area contributed by atoms with Crippen LogP contribution in [-0.4, -0.2) is 21.9 Å². The molecule has 1 aromatic rings. The molecule has 0 spiro atoms. The van der Waals surface area contributed by atoms with Gasteiger partial charge in [0.2, 0.25) is 5.91 Å². The first-order valence-corrected chi connectivity index (χ1v) is 7.11. The first-order valence-electron chi connectivity index (χ1n) is 5.79. The van der Waals surface area contributed by atoms with E-state index in [0.29, 0.717) is 10.9 Å². The van der Waals surface area contributed by atoms with Crippen molar-refractivity contribution in [3.63, 3.8) is 0 Å². The summed E-state index contributed by atoms with van der Waals surface area (Å²) in [6.07, 6.45) is 2.24. The third-order valence-electron chi connectivity index (χ3n) is 2.69. The van der Waals surface area contributed by atoms with Crippen LogP contribution in [0.3, 0.4) is 0 Å². The maximum Gasteiger partial charge on any atom is 0.221 e. The fraction of sp³-hybridized carbons (Fsp3) is 0.417. The second kappa shape index (κ2) is 5.48. The molecular weight excluding hydrogens is 255 g/mol. The first-order chi connectivity index (χ1) is 8.56. The highest BCUT2D eigenvalue weighted by atomic mass is 32.2. The molecule has 0 heterocycles. The molecule has 0 aromatic heterocycles. The summed E-state index contributed by atoms with van der Waals surface area (Å²) < 4.78 is 25.0. The number of nitrogens with one attached hydrogen (secondary N) is 1. The number of rotatable bonds is 5. The van der Waals surface area contributed by atoms with E-state index in [-0.39, 0.29) is 23.8 Å². The van der Waals surface area contributed by atoms with Crippen LogP contribution in [0.5, 0.6) is 0 Å². The van der Waals surface area contributed by atoms with Crippen molar-refractivity contribution >= 4 is 22.4 Å². The van der Waals surface area contributed by atoms with E-state index in [4.69, 9.17) is 5.73 Å². The SMILES string of the molecule is Nc1ccc(S(=O)CCC(=O)NC2CC2)cc1F. The lowest BCUT2D eigenvalue weighted by atomic mass is 10.3. The van der Waals surface area contributed by atoms with E-state index in [1.54, 1.807) is 0 Å². The maximum absolute atomic E-state index is 13.2. The van der Waals surface area contributed by atoms with E-state index in [1.165, 1.54) is 12.1 Å². The molecule has 4 nitrogen and oxygen atoms in total. The molecule has 0 radical (unpaired) electrons. The van der Waals surface area contributed by atoms with Gasteiger partial charge in [-0.2, -0.15) is 0 Å². The zero-order valence-electron chi connectivity index (χ0n) is 9.82. The summed E-state index contributed by atoms with van der Waals surface area (Å²) >= 11 is 0. The largest absolute Gasteiger partial charge is 0.396 e. The van der Waals surface area contributed by atoms with E-state index in [1.807, 2.05) is 0 Å². The molecule has 0 saturated heterocycles. The monoisotopic (exact) mass is 270 g/mol. The predicted octanol–water partition coefficient (Wildman–Crippen LogP) is 1.18. The van der Waals surface area contributed by atoms with Gasteiger partial charge in [0.1, 0.15) is 5.82 Å². The normalized spacial score (nSPS) is 16.3. The molecule has 1 aliphatic rings. The second-order valence-corrected chi connectivity index (χ2v) is 5.90. The zero-order valence-corrected chi connectivity index (χ0v) is 10.6. The molecule has 98 valence electrons. The Balaban J connectivity index is 1.86. The van der Waals surface area contributed by atoms with Gasteiger partial charge in [0.25, 0.3) is 0 Å². The molecule has 2 rings (SSSR count). The highest BCUT2D eigenvalue weighted by molar-refractivity contribution is 7.85. The number of amides is 1. The van der Waals surface area contributed by atoms with Crippen LogP contribution < -0.4 is 11.1 Å². The molecule has 1 aliphatic carbocycles. The fourth-order valence-electron chi connectivity index (χ4n) is 1.48. The lowest BCUT2D eigenvalue weighted by molar-refractivity contribution is -0.120. The van der Waals surface area contributed by atoms with E-state index in [0.717, 1.165) is 18.9 Å². The van der Waals surface area contributed by atoms with Gasteiger partial charge < -0.3 is 11.1 Å². The van der Waals surface area contributed by atoms with Crippen LogP contribution in [0.25, 0.3) is 0 Å². The number of carbonyl (C=O) groups is 1. The molecule has 1 unspecified atom stereocenters. The molecule has 1 saturated carbocycles. The Kier molecular flexibility index (Phi) is 3.96. The van der Waals surface area contributed by atoms with Crippen LogP contribution in [0, 0.1) is 5.82 Å². The Morgan fingerprint density at radius 1 is 1.50 bits per heavy atom. The van der Waals surface area contributed by atoms with Gasteiger partial charge in [0, 0.05) is 23.1 Å². The molecule has 6 heteroatoms. The number of benzene rings is 1. The van der Waals surface area contributed by atoms with Crippen molar-refractivity contribution in [2.75, 3.05) is 11.5 Å². The van der Waals surface area contributed by atoms with Gasteiger partial charge in [-0.1, -0.05) is 0 Å². The minimum atomic E-state index is -1.37. The number of nitrogen functional groups attached to an aromatic ring is 1. The number of hydrogen-bond donors (Lipinski definition) is 2. The van der Waals surface area contributed by atoms with Crippen LogP contribution >= 0.6 is 0 Å². The van der Waals surface area contributed by atoms with Crippen LogP contribution in [0.1, 0.15) is 19.3 Å². The first kappa shape index (κ1) is 13.0. The van der Waals surface area contributed by atoms with Crippen molar-refractivity contribution in [1.29, 1.82) is 0 Å². The van der Waals surface area contributed by atoms with Crippen molar-refractivity contribution in [1.82, 2.24) is 5.32 Å². The number of halogens is 1. The van der Waals surface area contributed by atoms with Crippen LogP contribution in [0.15, 0.2) is 23.1 Å². The molecule has 18 heavy (non-hydrogen) atoms. The Hall–Kier alpha value is -1.43. The molecular formula is C12H15FN2O2S. The lowest BCUT2D eigenvalue weighted by Gasteiger charge is -2.05. The van der Waals surface area contributed by atoms with E-state index >= 15 is 0 Å². The molecule has 1 atom stereocenters. The van der Waals surface area contributed by atoms with Gasteiger partial charge in [-0.3, -0.25) is 9.00 Å². The smallest absolute Gasteiger partial charge is 0.221 e. The molecule has 1 aromatic carbocycles. The minimum Gasteiger partial charge on any atom is -0.396 e. The van der Waals surface area contributed by atoms with Gasteiger partial charge in [0.05, 0.1) is 16.5 Å². The standard InChI is InChI=1S/C12H15FN2O2S/c13-10-7-9(3-4-11(10)14)18(17)6-5-12(16)15-8-1-2-8/h3-4,7-8H,1-2,5-6,14H2,(H,15,16). The molecule has 3 N–H and O–H groups in total. The highest BCUT2D eigenvalue weighted by Gasteiger charge is 2.23. The van der Waals surface area contributed by atoms with Gasteiger partial charge in [-0.05, 0) is 31.0 Å². The third-order valence-corrected chi connectivity index (χ3v) is 4.05. The second-order valence-electron chi connectivity index (χ2n) is 4.32. The van der Waals surface area contributed by atoms with Crippen molar-refractivity contribution in [2.24, 2.45) is 0 Å². The summed E-state index contributed by atoms with van der Waals surface area (Å²) in [5.74, 6) is -0.480. The maximum atomic E-state index is 13.2. The summed E-state index contributed by atoms with van der Waals surface area (Å²) in [7, 11) is -1.37. The third kappa shape index (κ3) is 3.53. The Morgan fingerprint density at radius 2 is 2.22 bits per heavy atom. The average molecular weight is 270 g/mol. The summed E-state index contributed by atoms with van der Waals surface area (Å²) in [6.45, 7) is 0. The van der Waals surface area contributed by atoms with Crippen molar-refractivity contribution < 1.29 is 13.4 Å². The Labute approximate surface area is 107 Å². The van der Waals surface area contributed by atoms with Gasteiger partial charge >= 0.3 is 0 Å². The van der Waals surface area contributed by atoms with Gasteiger partial charge in [-0.15, -0.1) is 0 Å². The predicted molar refractivity (Wildman–Crippen MR) is 67.9 cm³/mol. The lowest BCUT2D eigenvalue weighted by Crippen LogP contribution is -2.26. The van der Waals surface area contributed by atoms with Crippen molar-refractivity contribution in [3.05, 3.63) is 24.0 Å². The quantitative estimate of drug-likeness (QED) is 0.789. The van der Waals surface area contributed by atoms with Gasteiger partial charge in [0.15, 0.2) is 0 Å². The fourth-order valence-corrected chi connectivity index (χ4v) is 2.54. The summed E-state index contributed by atoms with van der Waals surface area (Å²) in [6, 6.07) is 4.37. The molecule has 1 amide bonds. The van der Waals surface area contributed by atoms with Crippen LogP contribution in [0.4, 0.5) is 10.1 Å². The topological polar surface area (TPSA) is 72.2 Å². The molecule has 0 bridgehead atoms. The van der Waals surface area contributed by atoms with Crippen molar-refractivity contribution in [2.45, 2.75) is 30.2 Å². The Morgan fingerprint density at radius 3 is 2.83 bits per heavy atom. The highest BCUT2D eigenvalue weighted by Crippen LogP contribution is 2.19. The summed E-state index contributed by atoms with van der Waals surface area (Å²) in [4.78, 5) is 11.8. The number of carbonyl (C=O) groups excluding carboxylic acids is 1. The Bertz CT molecular complexity index is 489. The molecule has 1 fully saturated rings. The van der Waals surface area contributed by atoms with Crippen LogP contribution in [-0.2, 0) is 15.6 Å². The zero-order chi connectivity index (χ0) is 13.1. The number of anilines is 1. The van der Waals surface area contributed by atoms with E-state index in [9.17, 15) is 13.4 Å². The number of nitrogens with two attached hydrogens (primary N) is 1. The van der Waals surface area contributed by atoms with Crippen molar-refractivity contribution in [3.8, 4) is 0 Å².